The number of rotatable bonds is 4. The smallest absolute Gasteiger partial charge is 0.276 e. The molecule has 2 rings (SSSR count). The van der Waals surface area contributed by atoms with Gasteiger partial charge in [0.05, 0.1) is 12.9 Å². The van der Waals surface area contributed by atoms with Crippen molar-refractivity contribution >= 4 is 17.4 Å². The van der Waals surface area contributed by atoms with Gasteiger partial charge in [0.2, 0.25) is 5.91 Å². The van der Waals surface area contributed by atoms with Crippen LogP contribution in [0.5, 0.6) is 0 Å². The fourth-order valence-corrected chi connectivity index (χ4v) is 2.17. The molecule has 2 heterocycles. The molecular weight excluding hydrogens is 248 g/mol. The first-order valence-electron chi connectivity index (χ1n) is 6.16. The van der Waals surface area contributed by atoms with Crippen LogP contribution in [-0.2, 0) is 4.79 Å². The SMILES string of the molecule is NC(=O)CN1CCC(Nc2nc[nH]c(=O)c2N)CC1. The number of amides is 1. The van der Waals surface area contributed by atoms with E-state index in [0.29, 0.717) is 5.82 Å². The van der Waals surface area contributed by atoms with Gasteiger partial charge in [-0.2, -0.15) is 0 Å². The van der Waals surface area contributed by atoms with Gasteiger partial charge in [0.1, 0.15) is 5.69 Å². The number of anilines is 2. The summed E-state index contributed by atoms with van der Waals surface area (Å²) < 4.78 is 0. The molecule has 1 fully saturated rings. The Morgan fingerprint density at radius 2 is 2.21 bits per heavy atom. The Morgan fingerprint density at radius 1 is 1.53 bits per heavy atom. The minimum Gasteiger partial charge on any atom is -0.391 e. The van der Waals surface area contributed by atoms with Gasteiger partial charge in [-0.05, 0) is 12.8 Å². The van der Waals surface area contributed by atoms with E-state index in [9.17, 15) is 9.59 Å². The van der Waals surface area contributed by atoms with Crippen molar-refractivity contribution in [2.24, 2.45) is 5.73 Å². The zero-order chi connectivity index (χ0) is 13.8. The highest BCUT2D eigenvalue weighted by atomic mass is 16.1. The minimum atomic E-state index is -0.344. The maximum absolute atomic E-state index is 11.3. The molecule has 8 heteroatoms. The fraction of sp³-hybridized carbons (Fsp3) is 0.545. The van der Waals surface area contributed by atoms with Gasteiger partial charge >= 0.3 is 0 Å². The first kappa shape index (κ1) is 13.3. The van der Waals surface area contributed by atoms with E-state index in [4.69, 9.17) is 11.5 Å². The van der Waals surface area contributed by atoms with Crippen LogP contribution in [0, 0.1) is 0 Å². The van der Waals surface area contributed by atoms with Gasteiger partial charge in [-0.3, -0.25) is 14.5 Å². The third-order valence-corrected chi connectivity index (χ3v) is 3.20. The van der Waals surface area contributed by atoms with Crippen LogP contribution in [-0.4, -0.2) is 46.5 Å². The lowest BCUT2D eigenvalue weighted by atomic mass is 10.1. The molecule has 1 aliphatic rings. The molecule has 6 N–H and O–H groups in total. The summed E-state index contributed by atoms with van der Waals surface area (Å²) in [6, 6.07) is 0.195. The zero-order valence-corrected chi connectivity index (χ0v) is 10.6. The molecular formula is C11H18N6O2. The summed E-state index contributed by atoms with van der Waals surface area (Å²) >= 11 is 0. The summed E-state index contributed by atoms with van der Waals surface area (Å²) in [6.07, 6.45) is 3.02. The van der Waals surface area contributed by atoms with E-state index in [0.717, 1.165) is 25.9 Å². The molecule has 1 aromatic rings. The number of primary amides is 1. The summed E-state index contributed by atoms with van der Waals surface area (Å²) in [5.74, 6) is 0.101. The molecule has 0 atom stereocenters. The van der Waals surface area contributed by atoms with Crippen LogP contribution in [0.2, 0.25) is 0 Å². The predicted octanol–water partition coefficient (Wildman–Crippen LogP) is -1.29. The number of piperidine rings is 1. The fourth-order valence-electron chi connectivity index (χ4n) is 2.17. The second-order valence-electron chi connectivity index (χ2n) is 4.66. The van der Waals surface area contributed by atoms with Crippen LogP contribution in [0.25, 0.3) is 0 Å². The highest BCUT2D eigenvalue weighted by molar-refractivity contribution is 5.75. The lowest BCUT2D eigenvalue weighted by molar-refractivity contribution is -0.119. The Hall–Kier alpha value is -2.09. The monoisotopic (exact) mass is 266 g/mol. The van der Waals surface area contributed by atoms with Gasteiger partial charge in [0.25, 0.3) is 5.56 Å². The van der Waals surface area contributed by atoms with Crippen molar-refractivity contribution in [3.8, 4) is 0 Å². The number of H-pyrrole nitrogens is 1. The van der Waals surface area contributed by atoms with Crippen molar-refractivity contribution in [3.05, 3.63) is 16.7 Å². The molecule has 0 bridgehead atoms. The molecule has 1 aliphatic heterocycles. The number of likely N-dealkylation sites (tertiary alicyclic amines) is 1. The molecule has 1 aromatic heterocycles. The average Bonchev–Trinajstić information content (AvgIpc) is 2.37. The van der Waals surface area contributed by atoms with Gasteiger partial charge in [0, 0.05) is 19.1 Å². The van der Waals surface area contributed by atoms with Crippen LogP contribution in [0.4, 0.5) is 11.5 Å². The third kappa shape index (κ3) is 3.44. The number of aromatic amines is 1. The van der Waals surface area contributed by atoms with Crippen LogP contribution >= 0.6 is 0 Å². The highest BCUT2D eigenvalue weighted by Crippen LogP contribution is 2.16. The number of carbonyl (C=O) groups excluding carboxylic acids is 1. The molecule has 0 aromatic carbocycles. The van der Waals surface area contributed by atoms with E-state index in [1.807, 2.05) is 4.90 Å². The number of carbonyl (C=O) groups is 1. The van der Waals surface area contributed by atoms with E-state index < -0.39 is 0 Å². The molecule has 0 saturated carbocycles. The van der Waals surface area contributed by atoms with Crippen molar-refractivity contribution in [2.75, 3.05) is 30.7 Å². The largest absolute Gasteiger partial charge is 0.391 e. The first-order chi connectivity index (χ1) is 9.06. The zero-order valence-electron chi connectivity index (χ0n) is 10.6. The summed E-state index contributed by atoms with van der Waals surface area (Å²) in [7, 11) is 0. The minimum absolute atomic E-state index is 0.0991. The molecule has 0 aliphatic carbocycles. The Morgan fingerprint density at radius 3 is 2.84 bits per heavy atom. The summed E-state index contributed by atoms with van der Waals surface area (Å²) in [5, 5.41) is 3.16. The van der Waals surface area contributed by atoms with Crippen LogP contribution in [0.3, 0.4) is 0 Å². The van der Waals surface area contributed by atoms with Crippen molar-refractivity contribution in [1.29, 1.82) is 0 Å². The number of hydrogen-bond donors (Lipinski definition) is 4. The summed E-state index contributed by atoms with van der Waals surface area (Å²) in [4.78, 5) is 30.6. The quantitative estimate of drug-likeness (QED) is 0.536. The highest BCUT2D eigenvalue weighted by Gasteiger charge is 2.21. The molecule has 104 valence electrons. The lowest BCUT2D eigenvalue weighted by Gasteiger charge is -2.31. The van der Waals surface area contributed by atoms with Gasteiger partial charge < -0.3 is 21.8 Å². The van der Waals surface area contributed by atoms with E-state index in [2.05, 4.69) is 15.3 Å². The van der Waals surface area contributed by atoms with E-state index in [1.54, 1.807) is 0 Å². The lowest BCUT2D eigenvalue weighted by Crippen LogP contribution is -2.43. The number of nitrogen functional groups attached to an aromatic ring is 1. The Labute approximate surface area is 110 Å². The predicted molar refractivity (Wildman–Crippen MR) is 71.5 cm³/mol. The Kier molecular flexibility index (Phi) is 4.00. The maximum Gasteiger partial charge on any atom is 0.276 e. The molecule has 0 radical (unpaired) electrons. The summed E-state index contributed by atoms with van der Waals surface area (Å²) in [5.41, 5.74) is 10.6. The van der Waals surface area contributed by atoms with Crippen molar-refractivity contribution in [3.63, 3.8) is 0 Å². The number of hydrogen-bond acceptors (Lipinski definition) is 6. The second-order valence-corrected chi connectivity index (χ2v) is 4.66. The molecule has 1 saturated heterocycles. The maximum atomic E-state index is 11.3. The number of nitrogens with two attached hydrogens (primary N) is 2. The molecule has 0 spiro atoms. The second kappa shape index (κ2) is 5.70. The van der Waals surface area contributed by atoms with Crippen LogP contribution < -0.4 is 22.3 Å². The standard InChI is InChI=1S/C11H18N6O2/c12-8(18)5-17-3-1-7(2-4-17)16-10-9(13)11(19)15-6-14-10/h6-7H,1-5,13H2,(H2,12,18)(H2,14,15,16,19). The van der Waals surface area contributed by atoms with E-state index in [-0.39, 0.29) is 29.7 Å². The topological polar surface area (TPSA) is 130 Å². The Bertz CT molecular complexity index is 506. The van der Waals surface area contributed by atoms with Crippen molar-refractivity contribution < 1.29 is 4.79 Å². The molecule has 1 amide bonds. The first-order valence-corrected chi connectivity index (χ1v) is 6.16. The van der Waals surface area contributed by atoms with Gasteiger partial charge in [-0.15, -0.1) is 0 Å². The van der Waals surface area contributed by atoms with Crippen molar-refractivity contribution in [2.45, 2.75) is 18.9 Å². The van der Waals surface area contributed by atoms with Crippen LogP contribution in [0.1, 0.15) is 12.8 Å². The Balaban J connectivity index is 1.90. The van der Waals surface area contributed by atoms with Gasteiger partial charge in [-0.25, -0.2) is 4.98 Å². The number of aromatic nitrogens is 2. The average molecular weight is 266 g/mol. The van der Waals surface area contributed by atoms with E-state index >= 15 is 0 Å². The summed E-state index contributed by atoms with van der Waals surface area (Å²) in [6.45, 7) is 1.85. The van der Waals surface area contributed by atoms with E-state index in [1.165, 1.54) is 6.33 Å². The molecule has 19 heavy (non-hydrogen) atoms. The molecule has 0 unspecified atom stereocenters. The molecule has 8 nitrogen and oxygen atoms in total. The van der Waals surface area contributed by atoms with Crippen molar-refractivity contribution in [1.82, 2.24) is 14.9 Å². The number of nitrogens with zero attached hydrogens (tertiary/aromatic N) is 2. The normalized spacial score (nSPS) is 17.3. The number of nitrogens with one attached hydrogen (secondary N) is 2. The third-order valence-electron chi connectivity index (χ3n) is 3.20. The van der Waals surface area contributed by atoms with Gasteiger partial charge in [-0.1, -0.05) is 0 Å². The van der Waals surface area contributed by atoms with Crippen LogP contribution in [0.15, 0.2) is 11.1 Å². The van der Waals surface area contributed by atoms with Gasteiger partial charge in [0.15, 0.2) is 5.82 Å².